The smallest absolute Gasteiger partial charge is 0.155 e. The third kappa shape index (κ3) is 2.46. The molecule has 0 saturated heterocycles. The molecule has 20 heavy (non-hydrogen) atoms. The SMILES string of the molecule is COc1ccc(C#N)cc1-c1nc(C)nc(Cl)c1C=O. The maximum atomic E-state index is 11.2. The number of aryl methyl sites for hydroxylation is 1. The molecule has 0 saturated carbocycles. The van der Waals surface area contributed by atoms with E-state index in [1.165, 1.54) is 7.11 Å². The van der Waals surface area contributed by atoms with Gasteiger partial charge in [0.15, 0.2) is 6.29 Å². The number of nitriles is 1. The van der Waals surface area contributed by atoms with Crippen LogP contribution in [0.2, 0.25) is 5.15 Å². The van der Waals surface area contributed by atoms with E-state index >= 15 is 0 Å². The fourth-order valence-electron chi connectivity index (χ4n) is 1.82. The first kappa shape index (κ1) is 14.0. The van der Waals surface area contributed by atoms with Crippen molar-refractivity contribution in [2.75, 3.05) is 7.11 Å². The highest BCUT2D eigenvalue weighted by Gasteiger charge is 2.17. The first-order valence-corrected chi connectivity index (χ1v) is 6.06. The minimum atomic E-state index is 0.0758. The molecule has 1 aromatic carbocycles. The number of carbonyl (C=O) groups is 1. The summed E-state index contributed by atoms with van der Waals surface area (Å²) in [6.45, 7) is 1.67. The van der Waals surface area contributed by atoms with Crippen molar-refractivity contribution in [3.8, 4) is 23.1 Å². The lowest BCUT2D eigenvalue weighted by molar-refractivity contribution is 0.112. The van der Waals surface area contributed by atoms with Gasteiger partial charge in [0.1, 0.15) is 16.7 Å². The van der Waals surface area contributed by atoms with E-state index in [-0.39, 0.29) is 10.7 Å². The maximum Gasteiger partial charge on any atom is 0.155 e. The number of hydrogen-bond donors (Lipinski definition) is 0. The van der Waals surface area contributed by atoms with Gasteiger partial charge in [-0.25, -0.2) is 9.97 Å². The highest BCUT2D eigenvalue weighted by Crippen LogP contribution is 2.33. The highest BCUT2D eigenvalue weighted by molar-refractivity contribution is 6.32. The molecule has 0 amide bonds. The van der Waals surface area contributed by atoms with Gasteiger partial charge >= 0.3 is 0 Å². The molecule has 1 aromatic heterocycles. The number of rotatable bonds is 3. The standard InChI is InChI=1S/C14H10ClN3O2/c1-8-17-13(11(7-19)14(15)18-8)10-5-9(6-16)3-4-12(10)20-2/h3-5,7H,1-2H3. The van der Waals surface area contributed by atoms with E-state index in [0.717, 1.165) is 0 Å². The molecule has 0 bridgehead atoms. The molecule has 0 fully saturated rings. The van der Waals surface area contributed by atoms with Crippen molar-refractivity contribution in [1.82, 2.24) is 9.97 Å². The Morgan fingerprint density at radius 1 is 1.40 bits per heavy atom. The lowest BCUT2D eigenvalue weighted by Crippen LogP contribution is -2.01. The average Bonchev–Trinajstić information content (AvgIpc) is 2.45. The Morgan fingerprint density at radius 3 is 2.75 bits per heavy atom. The Bertz CT molecular complexity index is 723. The number of halogens is 1. The van der Waals surface area contributed by atoms with E-state index < -0.39 is 0 Å². The monoisotopic (exact) mass is 287 g/mol. The molecule has 0 aliphatic heterocycles. The summed E-state index contributed by atoms with van der Waals surface area (Å²) in [6.07, 6.45) is 0.593. The van der Waals surface area contributed by atoms with Crippen LogP contribution in [0.5, 0.6) is 5.75 Å². The van der Waals surface area contributed by atoms with Gasteiger partial charge in [-0.3, -0.25) is 4.79 Å². The number of aldehydes is 1. The molecule has 2 aromatic rings. The number of aromatic nitrogens is 2. The Balaban J connectivity index is 2.80. The molecular formula is C14H10ClN3O2. The molecule has 0 spiro atoms. The number of nitrogens with zero attached hydrogens (tertiary/aromatic N) is 3. The van der Waals surface area contributed by atoms with E-state index in [2.05, 4.69) is 9.97 Å². The average molecular weight is 288 g/mol. The summed E-state index contributed by atoms with van der Waals surface area (Å²) in [5, 5.41) is 9.06. The zero-order valence-electron chi connectivity index (χ0n) is 10.8. The fourth-order valence-corrected chi connectivity index (χ4v) is 2.08. The van der Waals surface area contributed by atoms with Gasteiger partial charge in [-0.05, 0) is 25.1 Å². The molecule has 100 valence electrons. The first-order valence-electron chi connectivity index (χ1n) is 5.68. The summed E-state index contributed by atoms with van der Waals surface area (Å²) in [7, 11) is 1.50. The Kier molecular flexibility index (Phi) is 3.97. The normalized spacial score (nSPS) is 9.90. The summed E-state index contributed by atoms with van der Waals surface area (Å²) in [4.78, 5) is 19.4. The van der Waals surface area contributed by atoms with Crippen molar-refractivity contribution in [3.05, 3.63) is 40.3 Å². The van der Waals surface area contributed by atoms with Crippen LogP contribution in [0.4, 0.5) is 0 Å². The third-order valence-corrected chi connectivity index (χ3v) is 3.00. The van der Waals surface area contributed by atoms with Crippen LogP contribution in [0, 0.1) is 18.3 Å². The summed E-state index contributed by atoms with van der Waals surface area (Å²) < 4.78 is 5.25. The Morgan fingerprint density at radius 2 is 2.15 bits per heavy atom. The van der Waals surface area contributed by atoms with Crippen molar-refractivity contribution in [2.24, 2.45) is 0 Å². The van der Waals surface area contributed by atoms with E-state index in [0.29, 0.717) is 34.7 Å². The van der Waals surface area contributed by atoms with E-state index in [1.807, 2.05) is 6.07 Å². The highest BCUT2D eigenvalue weighted by atomic mass is 35.5. The molecule has 5 nitrogen and oxygen atoms in total. The van der Waals surface area contributed by atoms with Crippen molar-refractivity contribution in [1.29, 1.82) is 5.26 Å². The van der Waals surface area contributed by atoms with E-state index in [4.69, 9.17) is 21.6 Å². The van der Waals surface area contributed by atoms with Crippen LogP contribution in [0.1, 0.15) is 21.7 Å². The second-order valence-corrected chi connectivity index (χ2v) is 4.33. The third-order valence-electron chi connectivity index (χ3n) is 2.71. The van der Waals surface area contributed by atoms with Crippen molar-refractivity contribution < 1.29 is 9.53 Å². The molecule has 0 atom stereocenters. The van der Waals surface area contributed by atoms with Crippen LogP contribution in [-0.2, 0) is 0 Å². The quantitative estimate of drug-likeness (QED) is 0.641. The molecular weight excluding hydrogens is 278 g/mol. The van der Waals surface area contributed by atoms with Gasteiger partial charge in [-0.15, -0.1) is 0 Å². The van der Waals surface area contributed by atoms with Gasteiger partial charge in [-0.2, -0.15) is 5.26 Å². The molecule has 0 aliphatic carbocycles. The van der Waals surface area contributed by atoms with Crippen LogP contribution in [-0.4, -0.2) is 23.4 Å². The fraction of sp³-hybridized carbons (Fsp3) is 0.143. The summed E-state index contributed by atoms with van der Waals surface area (Å²) in [5.74, 6) is 0.932. The Hall–Kier alpha value is -2.45. The predicted octanol–water partition coefficient (Wildman–Crippen LogP) is 2.80. The predicted molar refractivity (Wildman–Crippen MR) is 73.9 cm³/mol. The largest absolute Gasteiger partial charge is 0.496 e. The first-order chi connectivity index (χ1) is 9.60. The summed E-state index contributed by atoms with van der Waals surface area (Å²) in [6, 6.07) is 6.91. The van der Waals surface area contributed by atoms with Crippen LogP contribution in [0.3, 0.4) is 0 Å². The van der Waals surface area contributed by atoms with Crippen LogP contribution in [0.15, 0.2) is 18.2 Å². The van der Waals surface area contributed by atoms with Gasteiger partial charge in [-0.1, -0.05) is 11.6 Å². The van der Waals surface area contributed by atoms with Crippen LogP contribution >= 0.6 is 11.6 Å². The number of benzene rings is 1. The topological polar surface area (TPSA) is 75.9 Å². The molecule has 0 aliphatic rings. The minimum Gasteiger partial charge on any atom is -0.496 e. The minimum absolute atomic E-state index is 0.0758. The molecule has 2 rings (SSSR count). The number of methoxy groups -OCH3 is 1. The number of carbonyl (C=O) groups excluding carboxylic acids is 1. The number of hydrogen-bond acceptors (Lipinski definition) is 5. The maximum absolute atomic E-state index is 11.2. The summed E-state index contributed by atoms with van der Waals surface area (Å²) >= 11 is 5.97. The molecule has 0 radical (unpaired) electrons. The van der Waals surface area contributed by atoms with Gasteiger partial charge in [0.2, 0.25) is 0 Å². The molecule has 6 heteroatoms. The van der Waals surface area contributed by atoms with Crippen molar-refractivity contribution >= 4 is 17.9 Å². The van der Waals surface area contributed by atoms with Gasteiger partial charge in [0, 0.05) is 5.56 Å². The zero-order valence-corrected chi connectivity index (χ0v) is 11.6. The van der Waals surface area contributed by atoms with Gasteiger partial charge in [0.25, 0.3) is 0 Å². The second-order valence-electron chi connectivity index (χ2n) is 3.97. The molecule has 1 heterocycles. The van der Waals surface area contributed by atoms with Crippen LogP contribution < -0.4 is 4.74 Å². The number of ether oxygens (including phenoxy) is 1. The van der Waals surface area contributed by atoms with E-state index in [1.54, 1.807) is 25.1 Å². The van der Waals surface area contributed by atoms with Gasteiger partial charge < -0.3 is 4.74 Å². The van der Waals surface area contributed by atoms with Crippen LogP contribution in [0.25, 0.3) is 11.3 Å². The lowest BCUT2D eigenvalue weighted by Gasteiger charge is -2.11. The molecule has 0 N–H and O–H groups in total. The van der Waals surface area contributed by atoms with E-state index in [9.17, 15) is 4.79 Å². The van der Waals surface area contributed by atoms with Crippen molar-refractivity contribution in [3.63, 3.8) is 0 Å². The van der Waals surface area contributed by atoms with Crippen molar-refractivity contribution in [2.45, 2.75) is 6.92 Å². The summed E-state index contributed by atoms with van der Waals surface area (Å²) in [5.41, 5.74) is 1.49. The Labute approximate surface area is 120 Å². The van der Waals surface area contributed by atoms with Gasteiger partial charge in [0.05, 0.1) is 30.0 Å². The second kappa shape index (κ2) is 5.68. The lowest BCUT2D eigenvalue weighted by atomic mass is 10.0. The zero-order chi connectivity index (χ0) is 14.7. The molecule has 0 unspecified atom stereocenters.